The molecule has 0 saturated heterocycles. The van der Waals surface area contributed by atoms with Crippen LogP contribution >= 0.6 is 0 Å². The molecule has 0 saturated carbocycles. The molecule has 0 amide bonds. The number of ketones is 2. The Kier molecular flexibility index (Phi) is 10.3. The fourth-order valence-electron chi connectivity index (χ4n) is 5.31. The van der Waals surface area contributed by atoms with Gasteiger partial charge in [-0.1, -0.05) is 116 Å². The molecule has 1 aliphatic rings. The van der Waals surface area contributed by atoms with Crippen molar-refractivity contribution in [2.24, 2.45) is 23.2 Å². The Hall–Kier alpha value is -1.96. The van der Waals surface area contributed by atoms with Crippen LogP contribution in [0.4, 0.5) is 0 Å². The molecule has 1 aromatic carbocycles. The van der Waals surface area contributed by atoms with Crippen molar-refractivity contribution in [3.63, 3.8) is 0 Å². The first-order chi connectivity index (χ1) is 15.6. The number of benzene rings is 1. The van der Waals surface area contributed by atoms with E-state index in [4.69, 9.17) is 0 Å². The third-order valence-electron chi connectivity index (χ3n) is 7.65. The SMILES string of the molecule is C=CC(C)(CCCC(C)CCCC(C)CCCC(C)C)C1=C(C)C(=O)c2ccccc2C1=O. The molecule has 0 radical (unpaired) electrons. The number of Topliss-reactive ketones (excluding diaryl/α,β-unsaturated/α-hetero) is 2. The van der Waals surface area contributed by atoms with Gasteiger partial charge in [-0.2, -0.15) is 0 Å². The van der Waals surface area contributed by atoms with Gasteiger partial charge in [0.2, 0.25) is 0 Å². The van der Waals surface area contributed by atoms with Crippen LogP contribution in [0.5, 0.6) is 0 Å². The smallest absolute Gasteiger partial charge is 0.191 e. The van der Waals surface area contributed by atoms with Crippen molar-refractivity contribution in [1.29, 1.82) is 0 Å². The standard InChI is InChI=1S/C31H46O2/c1-8-31(7,28-25(6)29(32)26-19-9-10-20-27(26)30(28)33)21-13-18-24(5)17-12-16-23(4)15-11-14-22(2)3/h8-10,19-20,22-24H,1,11-18,21H2,2-7H3. The van der Waals surface area contributed by atoms with Gasteiger partial charge in [-0.25, -0.2) is 0 Å². The Morgan fingerprint density at radius 1 is 0.818 bits per heavy atom. The zero-order chi connectivity index (χ0) is 24.6. The van der Waals surface area contributed by atoms with Crippen LogP contribution in [0.15, 0.2) is 48.1 Å². The molecule has 0 aliphatic heterocycles. The molecular formula is C31H46O2. The average molecular weight is 451 g/mol. The molecule has 3 atom stereocenters. The normalized spacial score (nSPS) is 17.7. The maximum atomic E-state index is 13.3. The van der Waals surface area contributed by atoms with Gasteiger partial charge in [0, 0.05) is 27.7 Å². The third kappa shape index (κ3) is 7.26. The van der Waals surface area contributed by atoms with Crippen LogP contribution in [0, 0.1) is 23.2 Å². The molecule has 0 aromatic heterocycles. The predicted molar refractivity (Wildman–Crippen MR) is 141 cm³/mol. The molecule has 182 valence electrons. The van der Waals surface area contributed by atoms with Crippen LogP contribution in [0.2, 0.25) is 0 Å². The summed E-state index contributed by atoms with van der Waals surface area (Å²) in [6, 6.07) is 7.19. The third-order valence-corrected chi connectivity index (χ3v) is 7.65. The quantitative estimate of drug-likeness (QED) is 0.265. The van der Waals surface area contributed by atoms with Gasteiger partial charge >= 0.3 is 0 Å². The lowest BCUT2D eigenvalue weighted by atomic mass is 9.69. The summed E-state index contributed by atoms with van der Waals surface area (Å²) in [7, 11) is 0. The van der Waals surface area contributed by atoms with Crippen molar-refractivity contribution in [2.75, 3.05) is 0 Å². The number of allylic oxidation sites excluding steroid dienone is 3. The molecule has 0 heterocycles. The maximum Gasteiger partial charge on any atom is 0.191 e. The first kappa shape index (κ1) is 27.3. The van der Waals surface area contributed by atoms with Gasteiger partial charge in [-0.3, -0.25) is 9.59 Å². The van der Waals surface area contributed by atoms with E-state index in [0.29, 0.717) is 28.2 Å². The van der Waals surface area contributed by atoms with Gasteiger partial charge in [0.25, 0.3) is 0 Å². The van der Waals surface area contributed by atoms with Gasteiger partial charge < -0.3 is 0 Å². The highest BCUT2D eigenvalue weighted by atomic mass is 16.1. The number of hydrogen-bond acceptors (Lipinski definition) is 2. The van der Waals surface area contributed by atoms with Crippen LogP contribution < -0.4 is 0 Å². The van der Waals surface area contributed by atoms with Crippen molar-refractivity contribution in [1.82, 2.24) is 0 Å². The van der Waals surface area contributed by atoms with Crippen molar-refractivity contribution >= 4 is 11.6 Å². The lowest BCUT2D eigenvalue weighted by Crippen LogP contribution is -2.30. The van der Waals surface area contributed by atoms with E-state index in [0.717, 1.165) is 31.1 Å². The van der Waals surface area contributed by atoms with E-state index < -0.39 is 5.41 Å². The molecule has 1 aliphatic carbocycles. The second-order valence-corrected chi connectivity index (χ2v) is 11.2. The molecule has 0 N–H and O–H groups in total. The van der Waals surface area contributed by atoms with E-state index in [-0.39, 0.29) is 11.6 Å². The molecule has 2 nitrogen and oxygen atoms in total. The zero-order valence-electron chi connectivity index (χ0n) is 22.0. The summed E-state index contributed by atoms with van der Waals surface area (Å²) >= 11 is 0. The van der Waals surface area contributed by atoms with E-state index in [1.165, 1.54) is 38.5 Å². The van der Waals surface area contributed by atoms with Gasteiger partial charge in [0.15, 0.2) is 11.6 Å². The van der Waals surface area contributed by atoms with E-state index in [9.17, 15) is 9.59 Å². The lowest BCUT2D eigenvalue weighted by Gasteiger charge is -2.33. The lowest BCUT2D eigenvalue weighted by molar-refractivity contribution is 0.0956. The highest BCUT2D eigenvalue weighted by Gasteiger charge is 2.38. The average Bonchev–Trinajstić information content (AvgIpc) is 2.77. The van der Waals surface area contributed by atoms with Gasteiger partial charge in [-0.05, 0) is 31.1 Å². The first-order valence-electron chi connectivity index (χ1n) is 13.1. The topological polar surface area (TPSA) is 34.1 Å². The molecule has 0 fully saturated rings. The summed E-state index contributed by atoms with van der Waals surface area (Å²) in [5, 5.41) is 0. The molecule has 0 spiro atoms. The molecule has 3 unspecified atom stereocenters. The van der Waals surface area contributed by atoms with Gasteiger partial charge in [0.05, 0.1) is 0 Å². The van der Waals surface area contributed by atoms with Crippen molar-refractivity contribution < 1.29 is 9.59 Å². The number of fused-ring (bicyclic) bond motifs is 1. The summed E-state index contributed by atoms with van der Waals surface area (Å²) in [5.41, 5.74) is 1.81. The van der Waals surface area contributed by atoms with Crippen LogP contribution in [0.1, 0.15) is 120 Å². The molecular weight excluding hydrogens is 404 g/mol. The molecule has 1 aromatic rings. The predicted octanol–water partition coefficient (Wildman–Crippen LogP) is 9.01. The van der Waals surface area contributed by atoms with Crippen LogP contribution in [0.3, 0.4) is 0 Å². The number of rotatable bonds is 14. The highest BCUT2D eigenvalue weighted by Crippen LogP contribution is 2.42. The van der Waals surface area contributed by atoms with Crippen molar-refractivity contribution in [3.8, 4) is 0 Å². The van der Waals surface area contributed by atoms with Gasteiger partial charge in [0.1, 0.15) is 0 Å². The summed E-state index contributed by atoms with van der Waals surface area (Å²) in [5.74, 6) is 2.29. The van der Waals surface area contributed by atoms with Crippen LogP contribution in [-0.2, 0) is 0 Å². The zero-order valence-corrected chi connectivity index (χ0v) is 22.0. The number of carbonyl (C=O) groups is 2. The first-order valence-corrected chi connectivity index (χ1v) is 13.1. The summed E-state index contributed by atoms with van der Waals surface area (Å²) in [4.78, 5) is 26.3. The van der Waals surface area contributed by atoms with E-state index in [1.807, 2.05) is 18.2 Å². The summed E-state index contributed by atoms with van der Waals surface area (Å²) in [6.45, 7) is 17.3. The fourth-order valence-corrected chi connectivity index (χ4v) is 5.31. The maximum absolute atomic E-state index is 13.3. The molecule has 33 heavy (non-hydrogen) atoms. The number of hydrogen-bond donors (Lipinski definition) is 0. The monoisotopic (exact) mass is 450 g/mol. The fraction of sp³-hybridized carbons (Fsp3) is 0.613. The minimum atomic E-state index is -0.477. The van der Waals surface area contributed by atoms with Gasteiger partial charge in [-0.15, -0.1) is 6.58 Å². The minimum absolute atomic E-state index is 0.00963. The van der Waals surface area contributed by atoms with E-state index >= 15 is 0 Å². The largest absolute Gasteiger partial charge is 0.289 e. The minimum Gasteiger partial charge on any atom is -0.289 e. The Balaban J connectivity index is 1.88. The number of carbonyl (C=O) groups excluding carboxylic acids is 2. The van der Waals surface area contributed by atoms with Crippen molar-refractivity contribution in [2.45, 2.75) is 99.3 Å². The van der Waals surface area contributed by atoms with E-state index in [2.05, 4.69) is 41.2 Å². The van der Waals surface area contributed by atoms with Crippen molar-refractivity contribution in [3.05, 3.63) is 59.2 Å². The Bertz CT molecular complexity index is 859. The van der Waals surface area contributed by atoms with Crippen LogP contribution in [0.25, 0.3) is 0 Å². The second-order valence-electron chi connectivity index (χ2n) is 11.2. The Morgan fingerprint density at radius 3 is 1.82 bits per heavy atom. The summed E-state index contributed by atoms with van der Waals surface area (Å²) in [6.07, 6.45) is 12.9. The van der Waals surface area contributed by atoms with Crippen LogP contribution in [-0.4, -0.2) is 11.6 Å². The summed E-state index contributed by atoms with van der Waals surface area (Å²) < 4.78 is 0. The Labute approximate surface area is 202 Å². The molecule has 0 bridgehead atoms. The van der Waals surface area contributed by atoms with E-state index in [1.54, 1.807) is 19.1 Å². The Morgan fingerprint density at radius 2 is 1.30 bits per heavy atom. The highest BCUT2D eigenvalue weighted by molar-refractivity contribution is 6.27. The molecule has 2 rings (SSSR count). The molecule has 2 heteroatoms. The second kappa shape index (κ2) is 12.5.